The number of carbonyl (C=O) groups excluding carboxylic acids is 1. The molecule has 0 fully saturated rings. The summed E-state index contributed by atoms with van der Waals surface area (Å²) < 4.78 is 41.6. The second kappa shape index (κ2) is 6.14. The number of nitro benzene ring substituents is 1. The lowest BCUT2D eigenvalue weighted by molar-refractivity contribution is -0.717. The summed E-state index contributed by atoms with van der Waals surface area (Å²) in [5.74, 6) is -0.911. The molecule has 1 heterocycles. The van der Waals surface area contributed by atoms with Crippen LogP contribution in [-0.4, -0.2) is 34.6 Å². The van der Waals surface area contributed by atoms with Crippen molar-refractivity contribution in [2.75, 3.05) is 7.11 Å². The number of ether oxygens (including phenoxy) is 1. The van der Waals surface area contributed by atoms with Crippen molar-refractivity contribution in [3.8, 4) is 5.75 Å². The first-order valence-corrected chi connectivity index (χ1v) is 7.12. The van der Waals surface area contributed by atoms with Crippen molar-refractivity contribution in [1.82, 2.24) is 0 Å². The molecule has 26 heavy (non-hydrogen) atoms. The Bertz CT molecular complexity index is 936. The van der Waals surface area contributed by atoms with Crippen LogP contribution in [0.1, 0.15) is 15.9 Å². The second-order valence-corrected chi connectivity index (χ2v) is 5.19. The number of carbonyl (C=O) groups is 1. The Hall–Kier alpha value is -3.43. The number of rotatable bonds is 4. The number of Topliss-reactive ketones (excluding diaryl/α,β-unsaturated/α-hetero) is 1. The fourth-order valence-corrected chi connectivity index (χ4v) is 2.59. The standard InChI is InChI=1S/C16H10F3N2O5/c1-25-20-13-8-10(21(23)24)4-7-12(13)15(22)14(20)9-2-5-11(6-3-9)26-16(17,18)19/h2-8H,1H3/q+1. The number of ketones is 1. The van der Waals surface area contributed by atoms with E-state index in [1.165, 1.54) is 37.4 Å². The van der Waals surface area contributed by atoms with Crippen molar-refractivity contribution in [2.24, 2.45) is 0 Å². The highest BCUT2D eigenvalue weighted by Crippen LogP contribution is 2.32. The SMILES string of the molecule is CO[N+]1=C(c2ccc(OC(F)(F)F)cc2)C(=O)c2ccc([N+](=O)[O-])cc21. The average molecular weight is 367 g/mol. The number of hydrogen-bond acceptors (Lipinski definition) is 5. The topological polar surface area (TPSA) is 81.7 Å². The summed E-state index contributed by atoms with van der Waals surface area (Å²) in [6.45, 7) is 0. The molecule has 134 valence electrons. The van der Waals surface area contributed by atoms with Gasteiger partial charge < -0.3 is 4.74 Å². The Kier molecular flexibility index (Phi) is 4.10. The first-order valence-electron chi connectivity index (χ1n) is 7.12. The van der Waals surface area contributed by atoms with E-state index < -0.39 is 22.8 Å². The lowest BCUT2D eigenvalue weighted by atomic mass is 10.0. The molecule has 0 saturated carbocycles. The van der Waals surface area contributed by atoms with Crippen molar-refractivity contribution in [3.05, 3.63) is 63.7 Å². The van der Waals surface area contributed by atoms with Crippen LogP contribution in [-0.2, 0) is 4.84 Å². The normalized spacial score (nSPS) is 13.6. The Morgan fingerprint density at radius 3 is 2.31 bits per heavy atom. The fourth-order valence-electron chi connectivity index (χ4n) is 2.59. The van der Waals surface area contributed by atoms with Crippen LogP contribution in [0.15, 0.2) is 42.5 Å². The monoisotopic (exact) mass is 367 g/mol. The molecule has 0 atom stereocenters. The molecule has 0 amide bonds. The van der Waals surface area contributed by atoms with Crippen molar-refractivity contribution in [1.29, 1.82) is 0 Å². The smallest absolute Gasteiger partial charge is 0.406 e. The van der Waals surface area contributed by atoms with E-state index in [1.54, 1.807) is 0 Å². The zero-order chi connectivity index (χ0) is 19.1. The van der Waals surface area contributed by atoms with Gasteiger partial charge in [0, 0.05) is 10.8 Å². The lowest BCUT2D eigenvalue weighted by Gasteiger charge is -2.08. The van der Waals surface area contributed by atoms with Gasteiger partial charge in [-0.25, -0.2) is 0 Å². The number of fused-ring (bicyclic) bond motifs is 1. The number of hydrogen-bond donors (Lipinski definition) is 0. The quantitative estimate of drug-likeness (QED) is 0.470. The minimum absolute atomic E-state index is 0.0292. The van der Waals surface area contributed by atoms with Crippen LogP contribution in [0.5, 0.6) is 5.75 Å². The summed E-state index contributed by atoms with van der Waals surface area (Å²) in [7, 11) is 1.27. The molecule has 10 heteroatoms. The summed E-state index contributed by atoms with van der Waals surface area (Å²) in [5, 5.41) is 10.9. The van der Waals surface area contributed by atoms with Gasteiger partial charge >= 0.3 is 12.1 Å². The highest BCUT2D eigenvalue weighted by Gasteiger charge is 2.42. The third-order valence-corrected chi connectivity index (χ3v) is 3.62. The van der Waals surface area contributed by atoms with Crippen LogP contribution in [0.3, 0.4) is 0 Å². The van der Waals surface area contributed by atoms with Gasteiger partial charge in [0.15, 0.2) is 0 Å². The molecular weight excluding hydrogens is 357 g/mol. The van der Waals surface area contributed by atoms with Gasteiger partial charge in [0.05, 0.1) is 16.6 Å². The molecule has 0 aromatic heterocycles. The maximum absolute atomic E-state index is 12.6. The van der Waals surface area contributed by atoms with Gasteiger partial charge in [0.25, 0.3) is 17.2 Å². The van der Waals surface area contributed by atoms with E-state index in [0.29, 0.717) is 0 Å². The maximum atomic E-state index is 12.6. The van der Waals surface area contributed by atoms with Gasteiger partial charge in [-0.3, -0.25) is 19.7 Å². The Balaban J connectivity index is 2.04. The van der Waals surface area contributed by atoms with Crippen LogP contribution in [0, 0.1) is 10.1 Å². The highest BCUT2D eigenvalue weighted by atomic mass is 19.4. The number of halogens is 3. The van der Waals surface area contributed by atoms with Gasteiger partial charge in [-0.05, 0) is 30.3 Å². The van der Waals surface area contributed by atoms with E-state index in [2.05, 4.69) is 4.74 Å². The van der Waals surface area contributed by atoms with Crippen molar-refractivity contribution >= 4 is 22.9 Å². The van der Waals surface area contributed by atoms with Gasteiger partial charge in [-0.2, -0.15) is 0 Å². The van der Waals surface area contributed by atoms with E-state index in [0.717, 1.165) is 16.9 Å². The molecule has 0 saturated heterocycles. The molecule has 0 N–H and O–H groups in total. The summed E-state index contributed by atoms with van der Waals surface area (Å²) in [6.07, 6.45) is -4.83. The number of alkyl halides is 3. The molecule has 3 rings (SSSR count). The molecule has 2 aromatic carbocycles. The Morgan fingerprint density at radius 2 is 1.77 bits per heavy atom. The summed E-state index contributed by atoms with van der Waals surface area (Å²) in [4.78, 5) is 28.1. The number of non-ortho nitro benzene ring substituents is 1. The van der Waals surface area contributed by atoms with Crippen molar-refractivity contribution in [3.63, 3.8) is 0 Å². The van der Waals surface area contributed by atoms with Crippen molar-refractivity contribution in [2.45, 2.75) is 6.36 Å². The molecular formula is C16H10F3N2O5+. The predicted octanol–water partition coefficient (Wildman–Crippen LogP) is 3.38. The third-order valence-electron chi connectivity index (χ3n) is 3.62. The molecule has 0 spiro atoms. The second-order valence-electron chi connectivity index (χ2n) is 5.19. The van der Waals surface area contributed by atoms with E-state index >= 15 is 0 Å². The van der Waals surface area contributed by atoms with Gasteiger partial charge in [0.1, 0.15) is 18.4 Å². The predicted molar refractivity (Wildman–Crippen MR) is 81.6 cm³/mol. The Morgan fingerprint density at radius 1 is 1.12 bits per heavy atom. The summed E-state index contributed by atoms with van der Waals surface area (Å²) in [5.41, 5.74) is 0.431. The molecule has 0 unspecified atom stereocenters. The average Bonchev–Trinajstić information content (AvgIpc) is 2.85. The molecule has 7 nitrogen and oxygen atoms in total. The number of nitro groups is 1. The summed E-state index contributed by atoms with van der Waals surface area (Å²) >= 11 is 0. The van der Waals surface area contributed by atoms with Gasteiger partial charge in [-0.1, -0.05) is 0 Å². The van der Waals surface area contributed by atoms with Crippen LogP contribution in [0.2, 0.25) is 0 Å². The molecule has 0 aliphatic carbocycles. The van der Waals surface area contributed by atoms with Crippen LogP contribution >= 0.6 is 0 Å². The number of nitrogens with zero attached hydrogens (tertiary/aromatic N) is 2. The maximum Gasteiger partial charge on any atom is 0.573 e. The minimum atomic E-state index is -4.83. The van der Waals surface area contributed by atoms with Crippen LogP contribution in [0.25, 0.3) is 0 Å². The fraction of sp³-hybridized carbons (Fsp3) is 0.125. The van der Waals surface area contributed by atoms with Crippen molar-refractivity contribution < 1.29 is 37.2 Å². The van der Waals surface area contributed by atoms with E-state index in [4.69, 9.17) is 4.84 Å². The van der Waals surface area contributed by atoms with E-state index in [9.17, 15) is 28.1 Å². The molecule has 0 radical (unpaired) electrons. The van der Waals surface area contributed by atoms with Gasteiger partial charge in [0.2, 0.25) is 0 Å². The molecule has 1 aliphatic heterocycles. The van der Waals surface area contributed by atoms with E-state index in [-0.39, 0.29) is 28.2 Å². The zero-order valence-corrected chi connectivity index (χ0v) is 13.1. The van der Waals surface area contributed by atoms with Gasteiger partial charge in [-0.15, -0.1) is 13.2 Å². The third kappa shape index (κ3) is 3.08. The summed E-state index contributed by atoms with van der Waals surface area (Å²) in [6, 6.07) is 8.32. The molecule has 0 bridgehead atoms. The first kappa shape index (κ1) is 17.4. The molecule has 2 aromatic rings. The minimum Gasteiger partial charge on any atom is -0.406 e. The lowest BCUT2D eigenvalue weighted by Crippen LogP contribution is -2.20. The first-order chi connectivity index (χ1) is 12.2. The Labute approximate surface area is 144 Å². The van der Waals surface area contributed by atoms with E-state index in [1.807, 2.05) is 0 Å². The highest BCUT2D eigenvalue weighted by molar-refractivity contribution is 6.52. The molecule has 1 aliphatic rings. The largest absolute Gasteiger partial charge is 0.573 e. The number of benzene rings is 2. The zero-order valence-electron chi connectivity index (χ0n) is 13.1. The van der Waals surface area contributed by atoms with Crippen LogP contribution < -0.4 is 4.74 Å². The van der Waals surface area contributed by atoms with Crippen LogP contribution in [0.4, 0.5) is 24.5 Å².